The summed E-state index contributed by atoms with van der Waals surface area (Å²) in [6.07, 6.45) is -10.8. The van der Waals surface area contributed by atoms with E-state index in [1.54, 1.807) is 36.4 Å². The van der Waals surface area contributed by atoms with Crippen LogP contribution in [0.2, 0.25) is 0 Å². The molecule has 1 amide bonds. The second kappa shape index (κ2) is 15.7. The second-order valence-corrected chi connectivity index (χ2v) is 16.5. The van der Waals surface area contributed by atoms with Gasteiger partial charge in [-0.15, -0.1) is 0 Å². The van der Waals surface area contributed by atoms with Crippen molar-refractivity contribution >= 4 is 41.4 Å². The van der Waals surface area contributed by atoms with Gasteiger partial charge in [0.25, 0.3) is 5.91 Å². The number of nitrogens with one attached hydrogen (secondary N) is 1. The molecule has 11 atom stereocenters. The lowest BCUT2D eigenvalue weighted by molar-refractivity contribution is -0.346. The smallest absolute Gasteiger partial charge is 0.338 e. The molecule has 2 bridgehead atoms. The highest BCUT2D eigenvalue weighted by Crippen LogP contribution is 2.64. The summed E-state index contributed by atoms with van der Waals surface area (Å²) in [6, 6.07) is 14.1. The van der Waals surface area contributed by atoms with Gasteiger partial charge in [0.15, 0.2) is 23.6 Å². The van der Waals surface area contributed by atoms with Gasteiger partial charge in [0.1, 0.15) is 23.9 Å². The van der Waals surface area contributed by atoms with Gasteiger partial charge < -0.3 is 44.3 Å². The molecule has 16 nitrogen and oxygen atoms in total. The van der Waals surface area contributed by atoms with Gasteiger partial charge in [-0.1, -0.05) is 62.4 Å². The Kier molecular flexibility index (Phi) is 11.5. The van der Waals surface area contributed by atoms with Crippen LogP contribution in [0.15, 0.2) is 71.8 Å². The molecule has 1 aliphatic heterocycles. The number of hydrogen-bond acceptors (Lipinski definition) is 15. The van der Waals surface area contributed by atoms with E-state index in [0.29, 0.717) is 0 Å². The third kappa shape index (κ3) is 7.15. The van der Waals surface area contributed by atoms with Crippen LogP contribution in [0.4, 0.5) is 0 Å². The van der Waals surface area contributed by atoms with Crippen molar-refractivity contribution in [3.05, 3.63) is 82.9 Å². The number of aliphatic hydroxyl groups is 3. The first-order chi connectivity index (χ1) is 27.6. The number of rotatable bonds is 10. The highest BCUT2D eigenvalue weighted by atomic mass is 16.6. The van der Waals surface area contributed by atoms with Gasteiger partial charge >= 0.3 is 23.9 Å². The number of aliphatic hydroxyl groups excluding tert-OH is 2. The van der Waals surface area contributed by atoms with E-state index < -0.39 is 118 Å². The number of ether oxygens (including phenoxy) is 5. The Bertz CT molecular complexity index is 2080. The second-order valence-electron chi connectivity index (χ2n) is 16.5. The Labute approximate surface area is 340 Å². The number of esters is 4. The first-order valence-corrected chi connectivity index (χ1v) is 19.3. The van der Waals surface area contributed by atoms with Crippen LogP contribution in [0, 0.1) is 16.7 Å². The molecule has 2 saturated carbocycles. The molecule has 0 radical (unpaired) electrons. The summed E-state index contributed by atoms with van der Waals surface area (Å²) in [5, 5.41) is 39.4. The van der Waals surface area contributed by atoms with Gasteiger partial charge in [0, 0.05) is 39.0 Å². The fourth-order valence-corrected chi connectivity index (χ4v) is 9.61. The Morgan fingerprint density at radius 2 is 1.49 bits per heavy atom. The summed E-state index contributed by atoms with van der Waals surface area (Å²) in [4.78, 5) is 94.0. The summed E-state index contributed by atoms with van der Waals surface area (Å²) in [7, 11) is 0. The summed E-state index contributed by atoms with van der Waals surface area (Å²) >= 11 is 0. The summed E-state index contributed by atoms with van der Waals surface area (Å²) in [6.45, 7) is 8.80. The van der Waals surface area contributed by atoms with E-state index in [1.807, 2.05) is 0 Å². The van der Waals surface area contributed by atoms with Crippen molar-refractivity contribution < 1.29 is 72.6 Å². The first kappa shape index (κ1) is 43.3. The molecule has 2 aromatic rings. The molecule has 1 saturated heterocycles. The zero-order valence-corrected chi connectivity index (χ0v) is 33.8. The largest absolute Gasteiger partial charge is 0.456 e. The molecule has 3 fully saturated rings. The van der Waals surface area contributed by atoms with Crippen molar-refractivity contribution in [1.82, 2.24) is 5.32 Å². The topological polar surface area (TPSA) is 238 Å². The fraction of sp³-hybridized carbons (Fsp3) is 0.512. The van der Waals surface area contributed by atoms with Gasteiger partial charge in [-0.05, 0) is 42.7 Å². The van der Waals surface area contributed by atoms with Gasteiger partial charge in [0.05, 0.1) is 35.6 Å². The van der Waals surface area contributed by atoms with Crippen molar-refractivity contribution in [1.29, 1.82) is 0 Å². The van der Waals surface area contributed by atoms with E-state index in [2.05, 4.69) is 5.32 Å². The van der Waals surface area contributed by atoms with Crippen LogP contribution in [0.3, 0.4) is 0 Å². The Morgan fingerprint density at radius 3 is 2.03 bits per heavy atom. The zero-order chi connectivity index (χ0) is 43.4. The average Bonchev–Trinajstić information content (AvgIpc) is 3.18. The van der Waals surface area contributed by atoms with E-state index in [4.69, 9.17) is 23.7 Å². The molecule has 2 aromatic carbocycles. The zero-order valence-electron chi connectivity index (χ0n) is 33.8. The maximum atomic E-state index is 15.4. The minimum Gasteiger partial charge on any atom is -0.456 e. The lowest BCUT2D eigenvalue weighted by atomic mass is 9.44. The van der Waals surface area contributed by atoms with Crippen LogP contribution in [-0.2, 0) is 52.5 Å². The molecule has 59 heavy (non-hydrogen) atoms. The third-order valence-corrected chi connectivity index (χ3v) is 12.8. The standard InChI is InChI=1S/C43H49NO15/c1-21-27(57-39(53)32(49)31(44-37(51)22(2)45)25-14-10-8-11-15-25)19-43(54)36(58-38(52)26-16-12-9-13-17-26)34-41(7,28(48)18-29-42(34,20-55-29)59-24(4)47)35(50)33(56-23(3)46)30(21)40(43,5)6/h8-17,27-29,31-34,36,48-49,54H,18-20H2,1-7H3,(H,44,51)/t27-,28-,29+,31-,32+,33+,34-,36-,41+,42-,43+/m0/s1. The van der Waals surface area contributed by atoms with E-state index in [1.165, 1.54) is 52.0 Å². The molecule has 6 rings (SSSR count). The van der Waals surface area contributed by atoms with Crippen LogP contribution in [-0.4, -0.2) is 111 Å². The normalized spacial score (nSPS) is 32.9. The molecule has 0 spiro atoms. The van der Waals surface area contributed by atoms with Crippen LogP contribution in [0.5, 0.6) is 0 Å². The first-order valence-electron chi connectivity index (χ1n) is 19.3. The quantitative estimate of drug-likeness (QED) is 0.116. The number of fused-ring (bicyclic) bond motifs is 5. The molecule has 316 valence electrons. The number of carbonyl (C=O) groups excluding carboxylic acids is 7. The van der Waals surface area contributed by atoms with Gasteiger partial charge in [-0.2, -0.15) is 0 Å². The van der Waals surface area contributed by atoms with E-state index >= 15 is 4.79 Å². The number of hydrogen-bond donors (Lipinski definition) is 4. The highest BCUT2D eigenvalue weighted by Gasteiger charge is 2.78. The maximum Gasteiger partial charge on any atom is 0.338 e. The van der Waals surface area contributed by atoms with Crippen molar-refractivity contribution in [3.63, 3.8) is 0 Å². The van der Waals surface area contributed by atoms with Crippen molar-refractivity contribution in [2.24, 2.45) is 16.7 Å². The van der Waals surface area contributed by atoms with Gasteiger partial charge in [-0.3, -0.25) is 24.0 Å². The molecule has 3 aliphatic carbocycles. The van der Waals surface area contributed by atoms with Crippen LogP contribution in [0.25, 0.3) is 0 Å². The number of amides is 1. The minimum atomic E-state index is -2.42. The minimum absolute atomic E-state index is 0.0376. The number of ketones is 2. The number of carbonyl (C=O) groups is 7. The summed E-state index contributed by atoms with van der Waals surface area (Å²) < 4.78 is 30.0. The molecule has 16 heteroatoms. The fourth-order valence-electron chi connectivity index (χ4n) is 9.61. The predicted molar refractivity (Wildman–Crippen MR) is 203 cm³/mol. The molecule has 4 N–H and O–H groups in total. The Balaban J connectivity index is 1.56. The molecular weight excluding hydrogens is 770 g/mol. The molecule has 1 heterocycles. The summed E-state index contributed by atoms with van der Waals surface area (Å²) in [5.74, 6) is -8.43. The lowest BCUT2D eigenvalue weighted by Gasteiger charge is -2.67. The number of Topliss-reactive ketones (excluding diaryl/α,β-unsaturated/α-hetero) is 2. The van der Waals surface area contributed by atoms with Crippen LogP contribution >= 0.6 is 0 Å². The maximum absolute atomic E-state index is 15.4. The van der Waals surface area contributed by atoms with Crippen molar-refractivity contribution in [2.75, 3.05) is 6.61 Å². The van der Waals surface area contributed by atoms with Crippen molar-refractivity contribution in [2.45, 2.75) is 115 Å². The molecule has 0 aromatic heterocycles. The predicted octanol–water partition coefficient (Wildman–Crippen LogP) is 2.01. The molecular formula is C43H49NO15. The highest BCUT2D eigenvalue weighted by molar-refractivity contribution is 6.35. The van der Waals surface area contributed by atoms with Crippen LogP contribution in [0.1, 0.15) is 83.3 Å². The van der Waals surface area contributed by atoms with Gasteiger partial charge in [0.2, 0.25) is 5.78 Å². The SMILES string of the molecule is CC(=O)O[C@H]1C(=O)[C@@]2(C)[C@H]([C@H](OC(=O)c3ccccc3)[C@]3(O)C[C@H](OC(=O)[C@H](O)[C@@H](NC(=O)C(C)=O)c4ccccc4)C(C)=C1C3(C)C)[C@]1(OC(C)=O)CO[C@@H]1C[C@@H]2O. The molecule has 0 unspecified atom stereocenters. The van der Waals surface area contributed by atoms with E-state index in [0.717, 1.165) is 20.8 Å². The Hall–Kier alpha value is -5.29. The molecule has 4 aliphatic rings. The third-order valence-electron chi connectivity index (χ3n) is 12.8. The Morgan fingerprint density at radius 1 is 0.881 bits per heavy atom. The van der Waals surface area contributed by atoms with Crippen molar-refractivity contribution in [3.8, 4) is 0 Å². The summed E-state index contributed by atoms with van der Waals surface area (Å²) in [5.41, 5.74) is -7.57. The average molecular weight is 820 g/mol. The monoisotopic (exact) mass is 819 g/mol. The van der Waals surface area contributed by atoms with Gasteiger partial charge in [-0.25, -0.2) is 9.59 Å². The van der Waals surface area contributed by atoms with E-state index in [9.17, 15) is 44.1 Å². The lowest BCUT2D eigenvalue weighted by Crippen LogP contribution is -2.82. The number of benzene rings is 2. The van der Waals surface area contributed by atoms with Crippen LogP contribution < -0.4 is 5.32 Å². The van der Waals surface area contributed by atoms with E-state index in [-0.39, 0.29) is 35.3 Å².